The molecule has 0 saturated heterocycles. The zero-order valence-electron chi connectivity index (χ0n) is 18.1. The molecule has 33 heavy (non-hydrogen) atoms. The maximum absolute atomic E-state index is 12.5. The van der Waals surface area contributed by atoms with Crippen LogP contribution < -0.4 is 21.8 Å². The van der Waals surface area contributed by atoms with Gasteiger partial charge in [0.05, 0.1) is 6.10 Å². The fraction of sp³-hybridized carbons (Fsp3) is 0.227. The summed E-state index contributed by atoms with van der Waals surface area (Å²) in [5.74, 6) is 2.84. The van der Waals surface area contributed by atoms with Gasteiger partial charge in [-0.15, -0.1) is 0 Å². The van der Waals surface area contributed by atoms with E-state index in [4.69, 9.17) is 10.6 Å². The van der Waals surface area contributed by atoms with E-state index in [1.807, 2.05) is 0 Å². The minimum Gasteiger partial charge on any atom is -0.480 e. The van der Waals surface area contributed by atoms with Crippen LogP contribution in [-0.4, -0.2) is 47.5 Å². The topological polar surface area (TPSA) is 172 Å². The number of hydrogen-bond acceptors (Lipinski definition) is 7. The van der Waals surface area contributed by atoms with E-state index in [9.17, 15) is 24.3 Å². The molecule has 0 aliphatic heterocycles. The maximum atomic E-state index is 12.5. The fourth-order valence-electron chi connectivity index (χ4n) is 2.73. The lowest BCUT2D eigenvalue weighted by molar-refractivity contribution is -0.139. The van der Waals surface area contributed by atoms with Crippen molar-refractivity contribution < 1.29 is 29.0 Å². The summed E-state index contributed by atoms with van der Waals surface area (Å²) in [6.07, 6.45) is -0.126. The Hall–Kier alpha value is -4.41. The number of carbonyl (C=O) groups excluding carboxylic acids is 3. The van der Waals surface area contributed by atoms with Crippen LogP contribution >= 0.6 is 0 Å². The number of ether oxygens (including phenoxy) is 1. The number of rotatable bonds is 9. The average Bonchev–Trinajstić information content (AvgIpc) is 2.77. The second-order valence-corrected chi connectivity index (χ2v) is 7.18. The third-order valence-corrected chi connectivity index (χ3v) is 4.24. The first-order valence-electron chi connectivity index (χ1n) is 9.92. The van der Waals surface area contributed by atoms with Crippen LogP contribution in [0.2, 0.25) is 0 Å². The van der Waals surface area contributed by atoms with Crippen molar-refractivity contribution in [1.29, 1.82) is 0 Å². The highest BCUT2D eigenvalue weighted by molar-refractivity contribution is 6.07. The summed E-state index contributed by atoms with van der Waals surface area (Å²) in [6, 6.07) is 11.4. The number of nitrogens with zero attached hydrogens (tertiary/aromatic N) is 1. The van der Waals surface area contributed by atoms with Gasteiger partial charge < -0.3 is 31.6 Å². The Morgan fingerprint density at radius 1 is 1.06 bits per heavy atom. The first kappa shape index (κ1) is 24.9. The number of carbonyl (C=O) groups is 4. The molecule has 0 heterocycles. The summed E-state index contributed by atoms with van der Waals surface area (Å²) >= 11 is 0. The van der Waals surface area contributed by atoms with Crippen molar-refractivity contribution >= 4 is 35.9 Å². The van der Waals surface area contributed by atoms with Gasteiger partial charge in [-0.05, 0) is 49.7 Å². The minimum absolute atomic E-state index is 0.0278. The molecule has 0 radical (unpaired) electrons. The number of carboxylic acid groups (broad SMARTS) is 1. The van der Waals surface area contributed by atoms with E-state index in [2.05, 4.69) is 21.1 Å². The van der Waals surface area contributed by atoms with Crippen molar-refractivity contribution in [3.8, 4) is 0 Å². The lowest BCUT2D eigenvalue weighted by Gasteiger charge is -2.16. The van der Waals surface area contributed by atoms with Crippen LogP contribution in [0.4, 0.5) is 10.5 Å². The van der Waals surface area contributed by atoms with Crippen LogP contribution in [0.3, 0.4) is 0 Å². The van der Waals surface area contributed by atoms with Crippen LogP contribution in [0.1, 0.15) is 40.1 Å². The van der Waals surface area contributed by atoms with Gasteiger partial charge in [-0.2, -0.15) is 5.10 Å². The van der Waals surface area contributed by atoms with E-state index in [0.717, 1.165) is 6.34 Å². The summed E-state index contributed by atoms with van der Waals surface area (Å²) in [4.78, 5) is 47.7. The molecule has 1 atom stereocenters. The van der Waals surface area contributed by atoms with E-state index >= 15 is 0 Å². The fourth-order valence-corrected chi connectivity index (χ4v) is 2.73. The highest BCUT2D eigenvalue weighted by Gasteiger charge is 2.21. The van der Waals surface area contributed by atoms with Crippen LogP contribution in [0.15, 0.2) is 53.6 Å². The number of aliphatic carboxylic acids is 1. The van der Waals surface area contributed by atoms with Gasteiger partial charge in [-0.1, -0.05) is 18.2 Å². The Morgan fingerprint density at radius 3 is 2.27 bits per heavy atom. The van der Waals surface area contributed by atoms with E-state index in [-0.39, 0.29) is 23.7 Å². The van der Waals surface area contributed by atoms with Crippen molar-refractivity contribution in [2.24, 2.45) is 10.9 Å². The number of hydrazone groups is 1. The first-order valence-corrected chi connectivity index (χ1v) is 9.92. The molecule has 6 N–H and O–H groups in total. The number of benzene rings is 2. The first-order chi connectivity index (χ1) is 15.7. The number of nitrogens with one attached hydrogen (secondary N) is 3. The van der Waals surface area contributed by atoms with E-state index < -0.39 is 29.9 Å². The lowest BCUT2D eigenvalue weighted by atomic mass is 10.1. The lowest BCUT2D eigenvalue weighted by Crippen LogP contribution is -2.43. The molecule has 2 rings (SSSR count). The van der Waals surface area contributed by atoms with Crippen LogP contribution in [0.5, 0.6) is 0 Å². The number of carboxylic acids is 1. The van der Waals surface area contributed by atoms with Gasteiger partial charge >= 0.3 is 12.1 Å². The quantitative estimate of drug-likeness (QED) is 0.166. The Balaban J connectivity index is 2.02. The van der Waals surface area contributed by atoms with Gasteiger partial charge in [-0.25, -0.2) is 9.59 Å². The molecule has 1 unspecified atom stereocenters. The van der Waals surface area contributed by atoms with Crippen molar-refractivity contribution in [3.05, 3.63) is 65.2 Å². The van der Waals surface area contributed by atoms with Gasteiger partial charge in [-0.3, -0.25) is 9.59 Å². The van der Waals surface area contributed by atoms with Gasteiger partial charge in [0.15, 0.2) is 0 Å². The monoisotopic (exact) mass is 455 g/mol. The Labute approximate surface area is 190 Å². The van der Waals surface area contributed by atoms with Crippen LogP contribution in [0, 0.1) is 0 Å². The molecule has 2 aromatic carbocycles. The standard InChI is InChI=1S/C22H25N5O6/c1-13(2)33-22(32)27-18(21(30)31)10-14-6-8-17(9-7-14)26-20(29)16-5-3-4-15(11-16)19(28)24-12-25-23/h3-9,11-13,18H,10,23H2,1-2H3,(H,26,29)(H,27,32)(H,30,31)(H,24,25,28). The van der Waals surface area contributed by atoms with Gasteiger partial charge in [0.25, 0.3) is 11.8 Å². The summed E-state index contributed by atoms with van der Waals surface area (Å²) in [5.41, 5.74) is 1.61. The normalized spacial score (nSPS) is 11.6. The van der Waals surface area contributed by atoms with Crippen molar-refractivity contribution in [3.63, 3.8) is 0 Å². The second kappa shape index (κ2) is 11.8. The second-order valence-electron chi connectivity index (χ2n) is 7.18. The number of alkyl carbamates (subject to hydrolysis) is 1. The van der Waals surface area contributed by atoms with Crippen LogP contribution in [0.25, 0.3) is 0 Å². The predicted molar refractivity (Wildman–Crippen MR) is 121 cm³/mol. The summed E-state index contributed by atoms with van der Waals surface area (Å²) in [6.45, 7) is 3.31. The maximum Gasteiger partial charge on any atom is 0.408 e. The Bertz CT molecular complexity index is 1040. The average molecular weight is 455 g/mol. The molecule has 0 aliphatic rings. The highest BCUT2D eigenvalue weighted by atomic mass is 16.6. The van der Waals surface area contributed by atoms with E-state index in [1.165, 1.54) is 12.1 Å². The zero-order chi connectivity index (χ0) is 24.4. The van der Waals surface area contributed by atoms with Gasteiger partial charge in [0, 0.05) is 23.2 Å². The molecule has 0 aliphatic carbocycles. The number of amides is 3. The van der Waals surface area contributed by atoms with Crippen molar-refractivity contribution in [2.45, 2.75) is 32.4 Å². The van der Waals surface area contributed by atoms with Gasteiger partial charge in [0.2, 0.25) is 0 Å². The summed E-state index contributed by atoms with van der Waals surface area (Å²) in [5, 5.41) is 19.9. The number of anilines is 1. The third-order valence-electron chi connectivity index (χ3n) is 4.24. The third kappa shape index (κ3) is 7.98. The SMILES string of the molecule is CC(C)OC(=O)NC(Cc1ccc(NC(=O)c2cccc(C(=O)NC=NN)c2)cc1)C(=O)O. The van der Waals surface area contributed by atoms with E-state index in [1.54, 1.807) is 50.2 Å². The molecule has 0 spiro atoms. The molecule has 0 aromatic heterocycles. The zero-order valence-corrected chi connectivity index (χ0v) is 18.1. The molecule has 2 aromatic rings. The highest BCUT2D eigenvalue weighted by Crippen LogP contribution is 2.14. The Morgan fingerprint density at radius 2 is 1.70 bits per heavy atom. The molecular weight excluding hydrogens is 430 g/mol. The van der Waals surface area contributed by atoms with E-state index in [0.29, 0.717) is 11.3 Å². The van der Waals surface area contributed by atoms with Crippen LogP contribution in [-0.2, 0) is 16.0 Å². The number of nitrogens with two attached hydrogens (primary N) is 1. The smallest absolute Gasteiger partial charge is 0.408 e. The Kier molecular flexibility index (Phi) is 8.92. The van der Waals surface area contributed by atoms with Crippen molar-refractivity contribution in [2.75, 3.05) is 5.32 Å². The molecule has 0 bridgehead atoms. The minimum atomic E-state index is -1.20. The molecule has 174 valence electrons. The largest absolute Gasteiger partial charge is 0.480 e. The summed E-state index contributed by atoms with van der Waals surface area (Å²) < 4.78 is 4.92. The van der Waals surface area contributed by atoms with Gasteiger partial charge in [0.1, 0.15) is 12.4 Å². The molecule has 0 saturated carbocycles. The van der Waals surface area contributed by atoms with Crippen molar-refractivity contribution in [1.82, 2.24) is 10.6 Å². The summed E-state index contributed by atoms with van der Waals surface area (Å²) in [7, 11) is 0. The number of hydrogen-bond donors (Lipinski definition) is 5. The molecule has 11 heteroatoms. The molecular formula is C22H25N5O6. The predicted octanol–water partition coefficient (Wildman–Crippen LogP) is 1.70. The molecule has 11 nitrogen and oxygen atoms in total. The molecule has 3 amide bonds. The molecule has 0 fully saturated rings.